The van der Waals surface area contributed by atoms with Gasteiger partial charge in [0.05, 0.1) is 11.0 Å². The molecule has 1 heterocycles. The van der Waals surface area contributed by atoms with Crippen LogP contribution < -0.4 is 0 Å². The minimum absolute atomic E-state index is 0.542. The van der Waals surface area contributed by atoms with Gasteiger partial charge < -0.3 is 0 Å². The minimum atomic E-state index is 0.542. The summed E-state index contributed by atoms with van der Waals surface area (Å²) in [6.07, 6.45) is 3.48. The maximum Gasteiger partial charge on any atom is 0.0916 e. The summed E-state index contributed by atoms with van der Waals surface area (Å²) in [7, 11) is 0. The number of benzene rings is 1. The Labute approximate surface area is 97.7 Å². The monoisotopic (exact) mass is 216 g/mol. The highest BCUT2D eigenvalue weighted by Gasteiger charge is 2.04. The van der Waals surface area contributed by atoms with Crippen molar-refractivity contribution in [2.24, 2.45) is 0 Å². The maximum absolute atomic E-state index is 4.32. The third-order valence-corrected chi connectivity index (χ3v) is 2.45. The van der Waals surface area contributed by atoms with Gasteiger partial charge in [-0.05, 0) is 30.0 Å². The van der Waals surface area contributed by atoms with E-state index in [4.69, 9.17) is 0 Å². The summed E-state index contributed by atoms with van der Waals surface area (Å²) in [5, 5.41) is 0. The van der Waals surface area contributed by atoms with Gasteiger partial charge in [-0.3, -0.25) is 9.97 Å². The molecule has 0 bridgehead atoms. The van der Waals surface area contributed by atoms with Gasteiger partial charge in [0.2, 0.25) is 0 Å². The molecule has 1 aromatic carbocycles. The van der Waals surface area contributed by atoms with Gasteiger partial charge in [0.1, 0.15) is 0 Å². The van der Waals surface area contributed by atoms with Crippen LogP contribution in [0.25, 0.3) is 11.0 Å². The highest BCUT2D eigenvalue weighted by Crippen LogP contribution is 2.21. The van der Waals surface area contributed by atoms with E-state index in [9.17, 15) is 0 Å². The van der Waals surface area contributed by atoms with E-state index in [-0.39, 0.29) is 0 Å². The van der Waals surface area contributed by atoms with Crippen LogP contribution in [0, 0.1) is 6.92 Å². The van der Waals surface area contributed by atoms with Gasteiger partial charge in [-0.15, -0.1) is 0 Å². The van der Waals surface area contributed by atoms with Gasteiger partial charge in [-0.1, -0.05) is 33.8 Å². The number of fused-ring (bicyclic) bond motifs is 1. The van der Waals surface area contributed by atoms with Crippen LogP contribution in [-0.2, 0) is 0 Å². The number of aromatic nitrogens is 2. The molecule has 0 N–H and O–H groups in total. The summed E-state index contributed by atoms with van der Waals surface area (Å²) in [6.45, 7) is 10.5. The first-order valence-electron chi connectivity index (χ1n) is 5.90. The number of hydrogen-bond donors (Lipinski definition) is 0. The van der Waals surface area contributed by atoms with E-state index in [0.29, 0.717) is 5.92 Å². The molecule has 0 spiro atoms. The third kappa shape index (κ3) is 2.57. The smallest absolute Gasteiger partial charge is 0.0916 e. The molecule has 0 radical (unpaired) electrons. The second kappa shape index (κ2) is 5.59. The first-order valence-corrected chi connectivity index (χ1v) is 5.90. The van der Waals surface area contributed by atoms with Gasteiger partial charge in [0, 0.05) is 12.4 Å². The molecule has 0 aliphatic carbocycles. The average Bonchev–Trinajstić information content (AvgIpc) is 2.31. The number of aryl methyl sites for hydroxylation is 1. The van der Waals surface area contributed by atoms with Crippen molar-refractivity contribution in [1.82, 2.24) is 9.97 Å². The molecule has 2 aromatic rings. The molecule has 0 fully saturated rings. The van der Waals surface area contributed by atoms with Crippen LogP contribution in [0.4, 0.5) is 0 Å². The zero-order valence-corrected chi connectivity index (χ0v) is 10.8. The summed E-state index contributed by atoms with van der Waals surface area (Å²) < 4.78 is 0. The molecule has 0 atom stereocenters. The molecule has 0 aliphatic heterocycles. The van der Waals surface area contributed by atoms with E-state index in [0.717, 1.165) is 11.0 Å². The predicted molar refractivity (Wildman–Crippen MR) is 69.7 cm³/mol. The second-order valence-electron chi connectivity index (χ2n) is 3.92. The number of hydrogen-bond acceptors (Lipinski definition) is 2. The van der Waals surface area contributed by atoms with Gasteiger partial charge in [0.15, 0.2) is 0 Å². The van der Waals surface area contributed by atoms with Crippen molar-refractivity contribution in [3.05, 3.63) is 35.7 Å². The summed E-state index contributed by atoms with van der Waals surface area (Å²) in [4.78, 5) is 8.64. The lowest BCUT2D eigenvalue weighted by molar-refractivity contribution is 0.866. The fraction of sp³-hybridized carbons (Fsp3) is 0.429. The van der Waals surface area contributed by atoms with E-state index in [1.54, 1.807) is 12.4 Å². The Morgan fingerprint density at radius 1 is 1.00 bits per heavy atom. The normalized spacial score (nSPS) is 10.1. The highest BCUT2D eigenvalue weighted by molar-refractivity contribution is 5.78. The van der Waals surface area contributed by atoms with Crippen molar-refractivity contribution in [3.8, 4) is 0 Å². The van der Waals surface area contributed by atoms with Crippen molar-refractivity contribution < 1.29 is 0 Å². The number of rotatable bonds is 1. The Hall–Kier alpha value is -1.44. The predicted octanol–water partition coefficient (Wildman–Crippen LogP) is 4.09. The Bertz CT molecular complexity index is 461. The summed E-state index contributed by atoms with van der Waals surface area (Å²) >= 11 is 0. The summed E-state index contributed by atoms with van der Waals surface area (Å²) in [5.41, 5.74) is 4.54. The molecule has 2 heteroatoms. The van der Waals surface area contributed by atoms with Crippen molar-refractivity contribution in [1.29, 1.82) is 0 Å². The molecule has 2 rings (SSSR count). The molecule has 16 heavy (non-hydrogen) atoms. The quantitative estimate of drug-likeness (QED) is 0.717. The Balaban J connectivity index is 0.000000606. The van der Waals surface area contributed by atoms with E-state index < -0.39 is 0 Å². The fourth-order valence-electron chi connectivity index (χ4n) is 1.61. The molecule has 1 aromatic heterocycles. The van der Waals surface area contributed by atoms with Crippen LogP contribution in [0.15, 0.2) is 24.5 Å². The first kappa shape index (κ1) is 12.6. The van der Waals surface area contributed by atoms with Gasteiger partial charge >= 0.3 is 0 Å². The highest BCUT2D eigenvalue weighted by atomic mass is 14.8. The average molecular weight is 216 g/mol. The van der Waals surface area contributed by atoms with Crippen molar-refractivity contribution in [2.45, 2.75) is 40.5 Å². The van der Waals surface area contributed by atoms with Gasteiger partial charge in [0.25, 0.3) is 0 Å². The lowest BCUT2D eigenvalue weighted by Gasteiger charge is -2.08. The standard InChI is InChI=1S/C12H14N2.C2H6/c1-8(2)10-6-9(3)12-11(7-10)13-4-5-14-12;1-2/h4-8H,1-3H3;1-2H3. The van der Waals surface area contributed by atoms with Crippen molar-refractivity contribution >= 4 is 11.0 Å². The maximum atomic E-state index is 4.32. The van der Waals surface area contributed by atoms with Crippen LogP contribution in [-0.4, -0.2) is 9.97 Å². The van der Waals surface area contributed by atoms with E-state index in [1.807, 2.05) is 13.8 Å². The molecule has 2 nitrogen and oxygen atoms in total. The second-order valence-corrected chi connectivity index (χ2v) is 3.92. The Morgan fingerprint density at radius 3 is 2.25 bits per heavy atom. The van der Waals surface area contributed by atoms with Crippen LogP contribution >= 0.6 is 0 Å². The molecule has 0 saturated carbocycles. The number of nitrogens with zero attached hydrogens (tertiary/aromatic N) is 2. The zero-order chi connectivity index (χ0) is 12.1. The van der Waals surface area contributed by atoms with Crippen LogP contribution in [0.2, 0.25) is 0 Å². The lowest BCUT2D eigenvalue weighted by Crippen LogP contribution is -1.92. The fourth-order valence-corrected chi connectivity index (χ4v) is 1.61. The van der Waals surface area contributed by atoms with Crippen LogP contribution in [0.5, 0.6) is 0 Å². The largest absolute Gasteiger partial charge is 0.253 e. The molecular formula is C14H20N2. The SMILES string of the molecule is CC.Cc1cc(C(C)C)cc2nccnc12. The van der Waals surface area contributed by atoms with E-state index in [1.165, 1.54) is 11.1 Å². The van der Waals surface area contributed by atoms with Gasteiger partial charge in [-0.25, -0.2) is 0 Å². The summed E-state index contributed by atoms with van der Waals surface area (Å²) in [6, 6.07) is 4.32. The Kier molecular flexibility index (Phi) is 4.41. The van der Waals surface area contributed by atoms with Gasteiger partial charge in [-0.2, -0.15) is 0 Å². The van der Waals surface area contributed by atoms with E-state index in [2.05, 4.69) is 42.9 Å². The lowest BCUT2D eigenvalue weighted by atomic mass is 10.00. The molecule has 0 amide bonds. The molecule has 0 unspecified atom stereocenters. The Morgan fingerprint density at radius 2 is 1.62 bits per heavy atom. The molecule has 86 valence electrons. The molecular weight excluding hydrogens is 196 g/mol. The minimum Gasteiger partial charge on any atom is -0.253 e. The van der Waals surface area contributed by atoms with E-state index >= 15 is 0 Å². The molecule has 0 saturated heterocycles. The zero-order valence-electron chi connectivity index (χ0n) is 10.8. The van der Waals surface area contributed by atoms with Crippen LogP contribution in [0.3, 0.4) is 0 Å². The topological polar surface area (TPSA) is 25.8 Å². The molecule has 0 aliphatic rings. The summed E-state index contributed by atoms with van der Waals surface area (Å²) in [5.74, 6) is 0.542. The third-order valence-electron chi connectivity index (χ3n) is 2.45. The first-order chi connectivity index (χ1) is 7.68. The van der Waals surface area contributed by atoms with Crippen LogP contribution in [0.1, 0.15) is 44.7 Å². The van der Waals surface area contributed by atoms with Crippen molar-refractivity contribution in [3.63, 3.8) is 0 Å². The van der Waals surface area contributed by atoms with Crippen molar-refractivity contribution in [2.75, 3.05) is 0 Å².